The van der Waals surface area contributed by atoms with E-state index in [1.54, 1.807) is 0 Å². The van der Waals surface area contributed by atoms with Gasteiger partial charge in [0.05, 0.1) is 22.8 Å². The lowest BCUT2D eigenvalue weighted by Crippen LogP contribution is -2.49. The number of piperazine rings is 1. The lowest BCUT2D eigenvalue weighted by molar-refractivity contribution is -0.134. The Hall–Kier alpha value is -4.98. The Labute approximate surface area is 318 Å². The molecule has 5 aromatic rings. The van der Waals surface area contributed by atoms with Gasteiger partial charge in [0, 0.05) is 103 Å². The molecular formula is C41H45N9O3S. The predicted octanol–water partition coefficient (Wildman–Crippen LogP) is 4.97. The lowest BCUT2D eigenvalue weighted by Gasteiger charge is -2.38. The maximum absolute atomic E-state index is 12.8. The van der Waals surface area contributed by atoms with Gasteiger partial charge in [0.15, 0.2) is 0 Å². The molecule has 3 fully saturated rings. The van der Waals surface area contributed by atoms with Crippen molar-refractivity contribution < 1.29 is 14.4 Å². The number of nitrogens with zero attached hydrogens (tertiary/aromatic N) is 6. The predicted molar refractivity (Wildman–Crippen MR) is 212 cm³/mol. The first-order valence-corrected chi connectivity index (χ1v) is 20.0. The van der Waals surface area contributed by atoms with Gasteiger partial charge < -0.3 is 20.4 Å². The summed E-state index contributed by atoms with van der Waals surface area (Å²) in [6, 6.07) is 16.6. The van der Waals surface area contributed by atoms with E-state index >= 15 is 0 Å². The second-order valence-electron chi connectivity index (χ2n) is 15.1. The van der Waals surface area contributed by atoms with Crippen LogP contribution in [0.15, 0.2) is 60.9 Å². The molecule has 1 unspecified atom stereocenters. The van der Waals surface area contributed by atoms with Crippen molar-refractivity contribution in [3.8, 4) is 11.3 Å². The van der Waals surface area contributed by atoms with E-state index in [4.69, 9.17) is 15.0 Å². The van der Waals surface area contributed by atoms with Crippen LogP contribution in [0.5, 0.6) is 0 Å². The van der Waals surface area contributed by atoms with Gasteiger partial charge in [-0.25, -0.2) is 15.0 Å². The molecule has 278 valence electrons. The quantitative estimate of drug-likeness (QED) is 0.196. The summed E-state index contributed by atoms with van der Waals surface area (Å²) in [6.07, 6.45) is 6.92. The van der Waals surface area contributed by atoms with Gasteiger partial charge in [0.1, 0.15) is 10.7 Å². The van der Waals surface area contributed by atoms with Gasteiger partial charge in [-0.15, -0.1) is 11.3 Å². The minimum atomic E-state index is -0.239. The van der Waals surface area contributed by atoms with Crippen molar-refractivity contribution in [2.24, 2.45) is 0 Å². The molecule has 3 N–H and O–H groups in total. The number of benzene rings is 2. The maximum Gasteiger partial charge on any atom is 0.263 e. The summed E-state index contributed by atoms with van der Waals surface area (Å²) in [6.45, 7) is 11.0. The van der Waals surface area contributed by atoms with E-state index in [1.165, 1.54) is 17.0 Å². The third-order valence-electron chi connectivity index (χ3n) is 11.6. The first-order chi connectivity index (χ1) is 26.4. The summed E-state index contributed by atoms with van der Waals surface area (Å²) in [5.74, 6) is 0.657. The summed E-state index contributed by atoms with van der Waals surface area (Å²) in [4.78, 5) is 59.6. The first kappa shape index (κ1) is 34.8. The molecule has 3 saturated heterocycles. The van der Waals surface area contributed by atoms with Crippen molar-refractivity contribution >= 4 is 61.4 Å². The Morgan fingerprint density at radius 1 is 0.833 bits per heavy atom. The van der Waals surface area contributed by atoms with Crippen LogP contribution in [-0.4, -0.2) is 107 Å². The molecule has 54 heavy (non-hydrogen) atoms. The minimum absolute atomic E-state index is 0.0229. The number of imide groups is 1. The van der Waals surface area contributed by atoms with Gasteiger partial charge >= 0.3 is 0 Å². The molecule has 0 spiro atoms. The van der Waals surface area contributed by atoms with Crippen LogP contribution >= 0.6 is 11.3 Å². The molecule has 0 radical (unpaired) electrons. The Balaban J connectivity index is 0.755. The van der Waals surface area contributed by atoms with Crippen LogP contribution < -0.4 is 20.9 Å². The molecule has 0 saturated carbocycles. The van der Waals surface area contributed by atoms with Crippen molar-refractivity contribution in [3.63, 3.8) is 0 Å². The highest BCUT2D eigenvalue weighted by Crippen LogP contribution is 2.41. The van der Waals surface area contributed by atoms with Crippen LogP contribution in [0.2, 0.25) is 0 Å². The molecule has 0 aliphatic carbocycles. The Bertz CT molecular complexity index is 2210. The summed E-state index contributed by atoms with van der Waals surface area (Å²) in [5, 5.41) is 11.1. The van der Waals surface area contributed by atoms with E-state index in [1.807, 2.05) is 43.6 Å². The molecule has 9 rings (SSSR count). The lowest BCUT2D eigenvalue weighted by atomic mass is 9.90. The number of hydrogen-bond acceptors (Lipinski definition) is 11. The second-order valence-corrected chi connectivity index (χ2v) is 16.2. The third kappa shape index (κ3) is 6.91. The Morgan fingerprint density at radius 3 is 2.31 bits per heavy atom. The Kier molecular flexibility index (Phi) is 9.46. The molecule has 2 aromatic carbocycles. The summed E-state index contributed by atoms with van der Waals surface area (Å²) < 4.78 is 1.07. The van der Waals surface area contributed by atoms with Crippen molar-refractivity contribution in [3.05, 3.63) is 77.2 Å². The van der Waals surface area contributed by atoms with Gasteiger partial charge in [-0.05, 0) is 81.2 Å². The number of carbonyl (C=O) groups excluding carboxylic acids is 3. The third-order valence-corrected chi connectivity index (χ3v) is 12.8. The molecular weight excluding hydrogens is 699 g/mol. The second kappa shape index (κ2) is 14.7. The molecule has 4 aliphatic rings. The molecule has 0 bridgehead atoms. The number of piperidine rings is 2. The van der Waals surface area contributed by atoms with Gasteiger partial charge in [-0.1, -0.05) is 12.1 Å². The number of hydrogen-bond donors (Lipinski definition) is 3. The summed E-state index contributed by atoms with van der Waals surface area (Å²) >= 11 is 1.52. The number of rotatable bonds is 7. The van der Waals surface area contributed by atoms with Crippen LogP contribution in [0, 0.1) is 0 Å². The van der Waals surface area contributed by atoms with Crippen LogP contribution in [-0.2, 0) is 9.59 Å². The van der Waals surface area contributed by atoms with Crippen molar-refractivity contribution in [1.29, 1.82) is 0 Å². The first-order valence-electron chi connectivity index (χ1n) is 19.2. The van der Waals surface area contributed by atoms with E-state index in [-0.39, 0.29) is 29.7 Å². The summed E-state index contributed by atoms with van der Waals surface area (Å²) in [7, 11) is 0. The number of fused-ring (bicyclic) bond motifs is 5. The number of pyridine rings is 1. The molecule has 7 heterocycles. The van der Waals surface area contributed by atoms with Crippen molar-refractivity contribution in [2.75, 3.05) is 69.1 Å². The molecule has 3 amide bonds. The zero-order valence-corrected chi connectivity index (χ0v) is 31.3. The standard InChI is InChI=1S/C41H45N9O3S/c1-25-22-42-37-36-31-6-8-32(46-33(31)9-10-34(36)54-38(37)41(53)45-25)28-23-43-39(44-24-28)27-12-14-48(15-13-27)16-17-49-18-20-50(21-19-49)29-4-2-26(3-5-29)30-7-11-35(51)47-40(30)52/h2-6,8-10,23-25,27,30,42H,7,11-22H2,1H3,(H,45,53)(H,47,51,52)/t25-,30?/m1/s1. The Morgan fingerprint density at radius 2 is 1.57 bits per heavy atom. The van der Waals surface area contributed by atoms with Gasteiger partial charge in [-0.2, -0.15) is 0 Å². The zero-order valence-electron chi connectivity index (χ0n) is 30.5. The number of thiophene rings is 1. The van der Waals surface area contributed by atoms with E-state index < -0.39 is 0 Å². The zero-order chi connectivity index (χ0) is 36.8. The number of carbonyl (C=O) groups is 3. The number of nitrogens with one attached hydrogen (secondary N) is 3. The van der Waals surface area contributed by atoms with Crippen molar-refractivity contribution in [1.82, 2.24) is 35.4 Å². The topological polar surface area (TPSA) is 136 Å². The number of aromatic nitrogens is 3. The molecule has 13 heteroatoms. The highest BCUT2D eigenvalue weighted by atomic mass is 32.1. The number of anilines is 2. The molecule has 3 aromatic heterocycles. The average Bonchev–Trinajstić information content (AvgIpc) is 3.52. The van der Waals surface area contributed by atoms with Crippen LogP contribution in [0.4, 0.5) is 11.4 Å². The van der Waals surface area contributed by atoms with E-state index in [9.17, 15) is 14.4 Å². The van der Waals surface area contributed by atoms with E-state index in [2.05, 4.69) is 54.9 Å². The van der Waals surface area contributed by atoms with E-state index in [0.717, 1.165) is 119 Å². The normalized spacial score (nSPS) is 21.8. The van der Waals surface area contributed by atoms with Crippen molar-refractivity contribution in [2.45, 2.75) is 50.5 Å². The average molecular weight is 744 g/mol. The monoisotopic (exact) mass is 743 g/mol. The SMILES string of the molecule is C[C@@H]1CNc2c(sc3ccc4nc(-c5cnc(C6CCN(CCN7CCN(c8ccc(C9CCC(=O)NC9=O)cc8)CC7)CC6)nc5)ccc4c23)C(=O)N1. The highest BCUT2D eigenvalue weighted by Gasteiger charge is 2.29. The molecule has 4 aliphatic heterocycles. The number of likely N-dealkylation sites (tertiary alicyclic amines) is 1. The van der Waals surface area contributed by atoms with Gasteiger partial charge in [-0.3, -0.25) is 24.6 Å². The summed E-state index contributed by atoms with van der Waals surface area (Å²) in [5.41, 5.74) is 5.70. The molecule has 12 nitrogen and oxygen atoms in total. The van der Waals surface area contributed by atoms with Crippen LogP contribution in [0.1, 0.15) is 65.5 Å². The van der Waals surface area contributed by atoms with Gasteiger partial charge in [0.25, 0.3) is 5.91 Å². The molecule has 2 atom stereocenters. The van der Waals surface area contributed by atoms with E-state index in [0.29, 0.717) is 25.3 Å². The fourth-order valence-electron chi connectivity index (χ4n) is 8.42. The van der Waals surface area contributed by atoms with Crippen LogP contribution in [0.3, 0.4) is 0 Å². The fourth-order valence-corrected chi connectivity index (χ4v) is 9.52. The largest absolute Gasteiger partial charge is 0.381 e. The number of amides is 3. The fraction of sp³-hybridized carbons (Fsp3) is 0.415. The maximum atomic E-state index is 12.8. The smallest absolute Gasteiger partial charge is 0.263 e. The van der Waals surface area contributed by atoms with Crippen LogP contribution in [0.25, 0.3) is 32.2 Å². The van der Waals surface area contributed by atoms with Gasteiger partial charge in [0.2, 0.25) is 11.8 Å². The highest BCUT2D eigenvalue weighted by molar-refractivity contribution is 7.21. The minimum Gasteiger partial charge on any atom is -0.381 e.